The first-order valence-electron chi connectivity index (χ1n) is 9.89. The molecule has 1 aliphatic rings. The normalized spacial score (nSPS) is 14.4. The molecule has 0 aromatic heterocycles. The molecule has 4 heteroatoms. The van der Waals surface area contributed by atoms with Crippen molar-refractivity contribution in [2.24, 2.45) is 0 Å². The molecule has 1 aliphatic heterocycles. The van der Waals surface area contributed by atoms with Gasteiger partial charge in [0.15, 0.2) is 0 Å². The molecule has 0 bridgehead atoms. The molecule has 3 rings (SSSR count). The van der Waals surface area contributed by atoms with E-state index in [0.29, 0.717) is 18.9 Å². The van der Waals surface area contributed by atoms with Gasteiger partial charge in [0, 0.05) is 31.7 Å². The molecule has 1 saturated heterocycles. The van der Waals surface area contributed by atoms with Crippen LogP contribution in [-0.2, 0) is 22.5 Å². The molecule has 0 radical (unpaired) electrons. The van der Waals surface area contributed by atoms with Crippen LogP contribution in [0.5, 0.6) is 0 Å². The monoisotopic (exact) mass is 366 g/mol. The first kappa shape index (κ1) is 19.4. The Morgan fingerprint density at radius 2 is 1.63 bits per heavy atom. The number of carbonyl (C=O) groups excluding carboxylic acids is 1. The van der Waals surface area contributed by atoms with Crippen molar-refractivity contribution < 1.29 is 9.53 Å². The van der Waals surface area contributed by atoms with Gasteiger partial charge in [-0.2, -0.15) is 0 Å². The second-order valence-corrected chi connectivity index (χ2v) is 7.44. The molecular weight excluding hydrogens is 336 g/mol. The van der Waals surface area contributed by atoms with E-state index in [2.05, 4.69) is 72.6 Å². The van der Waals surface area contributed by atoms with Crippen LogP contribution in [0.3, 0.4) is 0 Å². The smallest absolute Gasteiger partial charge is 0.220 e. The summed E-state index contributed by atoms with van der Waals surface area (Å²) in [6, 6.07) is 17.0. The Morgan fingerprint density at radius 3 is 2.26 bits per heavy atom. The molecule has 4 nitrogen and oxygen atoms in total. The van der Waals surface area contributed by atoms with Crippen LogP contribution in [0.1, 0.15) is 42.9 Å². The molecule has 1 fully saturated rings. The molecule has 0 spiro atoms. The van der Waals surface area contributed by atoms with Crippen molar-refractivity contribution in [2.45, 2.75) is 39.2 Å². The van der Waals surface area contributed by atoms with E-state index >= 15 is 0 Å². The highest BCUT2D eigenvalue weighted by Crippen LogP contribution is 2.17. The van der Waals surface area contributed by atoms with Crippen LogP contribution < -0.4 is 10.2 Å². The van der Waals surface area contributed by atoms with E-state index in [1.807, 2.05) is 0 Å². The zero-order chi connectivity index (χ0) is 19.1. The number of carbonyl (C=O) groups is 1. The van der Waals surface area contributed by atoms with Crippen molar-refractivity contribution in [1.29, 1.82) is 0 Å². The van der Waals surface area contributed by atoms with Crippen molar-refractivity contribution >= 4 is 11.6 Å². The lowest BCUT2D eigenvalue weighted by atomic mass is 10.0. The summed E-state index contributed by atoms with van der Waals surface area (Å²) >= 11 is 0. The molecule has 0 unspecified atom stereocenters. The van der Waals surface area contributed by atoms with Crippen LogP contribution >= 0.6 is 0 Å². The number of aryl methyl sites for hydroxylation is 1. The summed E-state index contributed by atoms with van der Waals surface area (Å²) in [6.45, 7) is 8.42. The number of morpholine rings is 1. The molecule has 1 heterocycles. The fourth-order valence-electron chi connectivity index (χ4n) is 3.26. The summed E-state index contributed by atoms with van der Waals surface area (Å²) < 4.78 is 5.39. The van der Waals surface area contributed by atoms with E-state index in [-0.39, 0.29) is 5.91 Å². The number of hydrogen-bond acceptors (Lipinski definition) is 3. The Kier molecular flexibility index (Phi) is 6.88. The van der Waals surface area contributed by atoms with Gasteiger partial charge in [-0.3, -0.25) is 4.79 Å². The summed E-state index contributed by atoms with van der Waals surface area (Å²) in [5.41, 5.74) is 4.90. The first-order chi connectivity index (χ1) is 13.1. The third-order valence-electron chi connectivity index (χ3n) is 5.09. The van der Waals surface area contributed by atoms with Crippen LogP contribution in [0.25, 0.3) is 0 Å². The average molecular weight is 367 g/mol. The summed E-state index contributed by atoms with van der Waals surface area (Å²) in [7, 11) is 0. The maximum absolute atomic E-state index is 12.1. The maximum Gasteiger partial charge on any atom is 0.220 e. The number of nitrogens with zero attached hydrogens (tertiary/aromatic N) is 1. The average Bonchev–Trinajstić information content (AvgIpc) is 2.72. The minimum Gasteiger partial charge on any atom is -0.378 e. The third kappa shape index (κ3) is 5.83. The van der Waals surface area contributed by atoms with Crippen molar-refractivity contribution in [2.75, 3.05) is 31.2 Å². The van der Waals surface area contributed by atoms with Gasteiger partial charge in [0.2, 0.25) is 5.91 Å². The zero-order valence-electron chi connectivity index (χ0n) is 16.4. The maximum atomic E-state index is 12.1. The van der Waals surface area contributed by atoms with Gasteiger partial charge in [-0.1, -0.05) is 50.2 Å². The number of hydrogen-bond donors (Lipinski definition) is 1. The van der Waals surface area contributed by atoms with Gasteiger partial charge in [-0.25, -0.2) is 0 Å². The molecule has 27 heavy (non-hydrogen) atoms. The zero-order valence-corrected chi connectivity index (χ0v) is 16.4. The number of nitrogens with one attached hydrogen (secondary N) is 1. The molecular formula is C23H30N2O2. The van der Waals surface area contributed by atoms with Gasteiger partial charge in [0.1, 0.15) is 0 Å². The van der Waals surface area contributed by atoms with E-state index in [1.54, 1.807) is 0 Å². The Morgan fingerprint density at radius 1 is 1.00 bits per heavy atom. The summed E-state index contributed by atoms with van der Waals surface area (Å²) in [6.07, 6.45) is 1.30. The Hall–Kier alpha value is -2.33. The Balaban J connectivity index is 1.42. The van der Waals surface area contributed by atoms with Crippen LogP contribution in [0.2, 0.25) is 0 Å². The Labute approximate surface area is 162 Å². The quantitative estimate of drug-likeness (QED) is 0.808. The highest BCUT2D eigenvalue weighted by Gasteiger charge is 2.11. The van der Waals surface area contributed by atoms with Gasteiger partial charge < -0.3 is 15.0 Å². The van der Waals surface area contributed by atoms with Crippen molar-refractivity contribution in [3.63, 3.8) is 0 Å². The van der Waals surface area contributed by atoms with Gasteiger partial charge in [-0.15, -0.1) is 0 Å². The van der Waals surface area contributed by atoms with Gasteiger partial charge in [0.25, 0.3) is 0 Å². The molecule has 0 aliphatic carbocycles. The lowest BCUT2D eigenvalue weighted by molar-refractivity contribution is -0.121. The first-order valence-corrected chi connectivity index (χ1v) is 9.89. The minimum atomic E-state index is 0.0974. The highest BCUT2D eigenvalue weighted by molar-refractivity contribution is 5.76. The number of rotatable bonds is 7. The second-order valence-electron chi connectivity index (χ2n) is 7.44. The SMILES string of the molecule is CC(C)c1ccc(CCC(=O)NCc2ccc(N3CCOCC3)cc2)cc1. The Bertz CT molecular complexity index is 717. The van der Waals surface area contributed by atoms with Gasteiger partial charge in [-0.05, 0) is 41.2 Å². The van der Waals surface area contributed by atoms with Crippen LogP contribution in [0.15, 0.2) is 48.5 Å². The predicted octanol–water partition coefficient (Wildman–Crippen LogP) is 3.90. The lowest BCUT2D eigenvalue weighted by Crippen LogP contribution is -2.36. The third-order valence-corrected chi connectivity index (χ3v) is 5.09. The fourth-order valence-corrected chi connectivity index (χ4v) is 3.26. The molecule has 0 atom stereocenters. The largest absolute Gasteiger partial charge is 0.378 e. The minimum absolute atomic E-state index is 0.0974. The van der Waals surface area contributed by atoms with Crippen LogP contribution in [0, 0.1) is 0 Å². The van der Waals surface area contributed by atoms with E-state index in [4.69, 9.17) is 4.74 Å². The molecule has 1 amide bonds. The number of anilines is 1. The molecule has 0 saturated carbocycles. The van der Waals surface area contributed by atoms with Gasteiger partial charge in [0.05, 0.1) is 13.2 Å². The predicted molar refractivity (Wildman–Crippen MR) is 110 cm³/mol. The number of benzene rings is 2. The lowest BCUT2D eigenvalue weighted by Gasteiger charge is -2.28. The fraction of sp³-hybridized carbons (Fsp3) is 0.435. The topological polar surface area (TPSA) is 41.6 Å². The molecule has 144 valence electrons. The van der Waals surface area contributed by atoms with Crippen molar-refractivity contribution in [3.05, 3.63) is 65.2 Å². The van der Waals surface area contributed by atoms with E-state index in [0.717, 1.165) is 38.3 Å². The van der Waals surface area contributed by atoms with Gasteiger partial charge >= 0.3 is 0 Å². The molecule has 2 aromatic rings. The van der Waals surface area contributed by atoms with Crippen molar-refractivity contribution in [1.82, 2.24) is 5.32 Å². The number of amides is 1. The highest BCUT2D eigenvalue weighted by atomic mass is 16.5. The second kappa shape index (κ2) is 9.56. The van der Waals surface area contributed by atoms with E-state index < -0.39 is 0 Å². The van der Waals surface area contributed by atoms with Crippen molar-refractivity contribution in [3.8, 4) is 0 Å². The van der Waals surface area contributed by atoms with E-state index in [1.165, 1.54) is 16.8 Å². The summed E-state index contributed by atoms with van der Waals surface area (Å²) in [5, 5.41) is 3.03. The molecule has 1 N–H and O–H groups in total. The standard InChI is InChI=1S/C23H30N2O2/c1-18(2)21-8-3-19(4-9-21)7-12-23(26)24-17-20-5-10-22(11-6-20)25-13-15-27-16-14-25/h3-6,8-11,18H,7,12-17H2,1-2H3,(H,24,26). The van der Waals surface area contributed by atoms with E-state index in [9.17, 15) is 4.79 Å². The van der Waals surface area contributed by atoms with Crippen LogP contribution in [-0.4, -0.2) is 32.2 Å². The van der Waals surface area contributed by atoms with Crippen LogP contribution in [0.4, 0.5) is 5.69 Å². The number of ether oxygens (including phenoxy) is 1. The summed E-state index contributed by atoms with van der Waals surface area (Å²) in [4.78, 5) is 14.5. The molecule has 2 aromatic carbocycles. The summed E-state index contributed by atoms with van der Waals surface area (Å²) in [5.74, 6) is 0.636.